The summed E-state index contributed by atoms with van der Waals surface area (Å²) in [4.78, 5) is 48.0. The van der Waals surface area contributed by atoms with E-state index >= 15 is 0 Å². The van der Waals surface area contributed by atoms with Crippen LogP contribution in [-0.2, 0) is 19.2 Å². The van der Waals surface area contributed by atoms with E-state index in [9.17, 15) is 19.5 Å². The zero-order chi connectivity index (χ0) is 23.5. The number of nitrogens with one attached hydrogen (secondary N) is 1. The highest BCUT2D eigenvalue weighted by Crippen LogP contribution is 2.41. The summed E-state index contributed by atoms with van der Waals surface area (Å²) >= 11 is 5.24. The number of hydrogen-bond donors (Lipinski definition) is 3. The molecule has 1 fully saturated rings. The molecule has 0 aliphatic carbocycles. The van der Waals surface area contributed by atoms with Gasteiger partial charge in [0.15, 0.2) is 15.2 Å². The molecule has 33 heavy (non-hydrogen) atoms. The predicted molar refractivity (Wildman–Crippen MR) is 125 cm³/mol. The van der Waals surface area contributed by atoms with Crippen molar-refractivity contribution in [1.82, 2.24) is 25.4 Å². The van der Waals surface area contributed by atoms with Crippen LogP contribution in [0.25, 0.3) is 0 Å². The number of β-lactam (4-membered cyclic amide) rings is 1. The van der Waals surface area contributed by atoms with E-state index in [1.807, 2.05) is 0 Å². The molecule has 1 unspecified atom stereocenters. The van der Waals surface area contributed by atoms with Crippen LogP contribution in [0.1, 0.15) is 12.6 Å². The molecule has 1 saturated heterocycles. The molecule has 2 aliphatic rings. The number of aromatic nitrogens is 3. The third-order valence-corrected chi connectivity index (χ3v) is 8.47. The number of fused-ring (bicyclic) bond motifs is 1. The van der Waals surface area contributed by atoms with Gasteiger partial charge >= 0.3 is 5.97 Å². The number of carbonyl (C=O) groups excluding carboxylic acids is 2. The number of carboxylic acids is 1. The second-order valence-corrected chi connectivity index (χ2v) is 10.6. The number of thioether (sulfide) groups is 2. The number of aliphatic carboxylic acids is 1. The van der Waals surface area contributed by atoms with Crippen molar-refractivity contribution in [2.75, 3.05) is 23.8 Å². The highest BCUT2D eigenvalue weighted by molar-refractivity contribution is 8.01. The Bertz CT molecular complexity index is 1130. The fourth-order valence-electron chi connectivity index (χ4n) is 3.11. The average molecular weight is 528 g/mol. The number of hydrogen-bond acceptors (Lipinski definition) is 13. The number of anilines is 1. The summed E-state index contributed by atoms with van der Waals surface area (Å²) < 4.78 is 0.711. The minimum Gasteiger partial charge on any atom is -0.477 e. The minimum atomic E-state index is -1.19. The Balaban J connectivity index is 1.49. The van der Waals surface area contributed by atoms with Crippen molar-refractivity contribution in [1.29, 1.82) is 0 Å². The lowest BCUT2D eigenvalue weighted by Gasteiger charge is -2.49. The van der Waals surface area contributed by atoms with Crippen LogP contribution in [0.4, 0.5) is 5.13 Å². The number of nitrogens with zero attached hydrogens (tertiary/aromatic N) is 5. The van der Waals surface area contributed by atoms with Crippen molar-refractivity contribution in [3.63, 3.8) is 0 Å². The second kappa shape index (κ2) is 10.1. The Morgan fingerprint density at radius 3 is 2.91 bits per heavy atom. The molecule has 174 valence electrons. The van der Waals surface area contributed by atoms with Gasteiger partial charge in [-0.25, -0.2) is 9.78 Å². The first-order valence-electron chi connectivity index (χ1n) is 9.41. The van der Waals surface area contributed by atoms with E-state index in [2.05, 4.69) is 25.7 Å². The molecule has 4 heterocycles. The van der Waals surface area contributed by atoms with Gasteiger partial charge in [-0.15, -0.1) is 33.3 Å². The summed E-state index contributed by atoms with van der Waals surface area (Å²) in [6.45, 7) is 1.94. The molecule has 2 amide bonds. The first-order chi connectivity index (χ1) is 15.9. The monoisotopic (exact) mass is 527 g/mol. The number of oxime groups is 1. The fraction of sp³-hybridized carbons (Fsp3) is 0.353. The highest BCUT2D eigenvalue weighted by atomic mass is 32.2. The molecule has 0 saturated carbocycles. The number of carbonyl (C=O) groups is 3. The summed E-state index contributed by atoms with van der Waals surface area (Å²) in [5.74, 6) is -1.59. The molecule has 2 aromatic rings. The van der Waals surface area contributed by atoms with E-state index in [0.717, 1.165) is 11.3 Å². The predicted octanol–water partition coefficient (Wildman–Crippen LogP) is 0.848. The maximum absolute atomic E-state index is 12.9. The summed E-state index contributed by atoms with van der Waals surface area (Å²) in [5, 5.41) is 25.2. The topological polar surface area (TPSA) is 173 Å². The normalized spacial score (nSPS) is 20.3. The van der Waals surface area contributed by atoms with Gasteiger partial charge in [-0.2, -0.15) is 0 Å². The van der Waals surface area contributed by atoms with E-state index < -0.39 is 29.2 Å². The molecular formula is C17H17N7O5S4. The molecule has 4 N–H and O–H groups in total. The largest absolute Gasteiger partial charge is 0.477 e. The summed E-state index contributed by atoms with van der Waals surface area (Å²) in [7, 11) is 0. The Morgan fingerprint density at radius 2 is 2.27 bits per heavy atom. The maximum atomic E-state index is 12.9. The molecule has 2 aliphatic heterocycles. The Morgan fingerprint density at radius 1 is 1.45 bits per heavy atom. The Hall–Kier alpha value is -2.69. The molecule has 2 atom stereocenters. The van der Waals surface area contributed by atoms with Crippen molar-refractivity contribution >= 4 is 74.8 Å². The van der Waals surface area contributed by atoms with Crippen LogP contribution in [0.15, 0.2) is 31.7 Å². The molecule has 0 radical (unpaired) electrons. The van der Waals surface area contributed by atoms with Gasteiger partial charge in [0, 0.05) is 16.9 Å². The lowest BCUT2D eigenvalue weighted by Crippen LogP contribution is -2.71. The van der Waals surface area contributed by atoms with E-state index in [0.29, 0.717) is 21.4 Å². The van der Waals surface area contributed by atoms with Gasteiger partial charge in [0.2, 0.25) is 0 Å². The fourth-order valence-corrected chi connectivity index (χ4v) is 6.63. The van der Waals surface area contributed by atoms with Crippen molar-refractivity contribution in [3.8, 4) is 0 Å². The van der Waals surface area contributed by atoms with Crippen molar-refractivity contribution in [2.45, 2.75) is 22.7 Å². The number of carboxylic acid groups (broad SMARTS) is 1. The van der Waals surface area contributed by atoms with Crippen LogP contribution in [-0.4, -0.2) is 78.2 Å². The van der Waals surface area contributed by atoms with E-state index in [1.165, 1.54) is 39.8 Å². The second-order valence-electron chi connectivity index (χ2n) is 6.54. The smallest absolute Gasteiger partial charge is 0.352 e. The third-order valence-electron chi connectivity index (χ3n) is 4.51. The van der Waals surface area contributed by atoms with Gasteiger partial charge in [0.05, 0.1) is 0 Å². The van der Waals surface area contributed by atoms with E-state index in [-0.39, 0.29) is 28.8 Å². The summed E-state index contributed by atoms with van der Waals surface area (Å²) in [6, 6.07) is -0.906. The molecule has 16 heteroatoms. The summed E-state index contributed by atoms with van der Waals surface area (Å²) in [5.41, 5.74) is 7.92. The zero-order valence-electron chi connectivity index (χ0n) is 17.0. The Kier molecular flexibility index (Phi) is 7.16. The van der Waals surface area contributed by atoms with Crippen LogP contribution < -0.4 is 11.1 Å². The van der Waals surface area contributed by atoms with E-state index in [1.54, 1.807) is 17.8 Å². The number of nitrogen functional groups attached to an aromatic ring is 1. The van der Waals surface area contributed by atoms with Crippen LogP contribution >= 0.6 is 46.2 Å². The molecule has 12 nitrogen and oxygen atoms in total. The Labute approximate surface area is 203 Å². The van der Waals surface area contributed by atoms with Crippen LogP contribution in [0.5, 0.6) is 0 Å². The van der Waals surface area contributed by atoms with Gasteiger partial charge in [-0.3, -0.25) is 14.5 Å². The zero-order valence-corrected chi connectivity index (χ0v) is 20.2. The third kappa shape index (κ3) is 4.83. The molecule has 2 aromatic heterocycles. The van der Waals surface area contributed by atoms with Crippen LogP contribution in [0.2, 0.25) is 0 Å². The van der Waals surface area contributed by atoms with Crippen molar-refractivity contribution in [2.24, 2.45) is 5.16 Å². The maximum Gasteiger partial charge on any atom is 0.352 e. The first-order valence-corrected chi connectivity index (χ1v) is 13.2. The molecule has 0 aromatic carbocycles. The SMILES string of the molecule is CCO/N=C(\C(=O)NC1C(=O)N2C(C(=O)O)=C(CSc3nncs3)CS[C@H]12)c1csc(N)n1. The number of amides is 2. The number of thiazole rings is 1. The van der Waals surface area contributed by atoms with Gasteiger partial charge in [0.1, 0.15) is 34.9 Å². The van der Waals surface area contributed by atoms with Crippen molar-refractivity contribution in [3.05, 3.63) is 27.9 Å². The quantitative estimate of drug-likeness (QED) is 0.183. The average Bonchev–Trinajstić information content (AvgIpc) is 3.47. The molecular weight excluding hydrogens is 510 g/mol. The van der Waals surface area contributed by atoms with Gasteiger partial charge < -0.3 is 21.0 Å². The van der Waals surface area contributed by atoms with Gasteiger partial charge in [0.25, 0.3) is 11.8 Å². The van der Waals surface area contributed by atoms with Gasteiger partial charge in [-0.05, 0) is 12.5 Å². The van der Waals surface area contributed by atoms with Crippen LogP contribution in [0.3, 0.4) is 0 Å². The van der Waals surface area contributed by atoms with Crippen LogP contribution in [0, 0.1) is 0 Å². The lowest BCUT2D eigenvalue weighted by molar-refractivity contribution is -0.150. The minimum absolute atomic E-state index is 0.0539. The molecule has 4 rings (SSSR count). The number of nitrogens with two attached hydrogens (primary N) is 1. The van der Waals surface area contributed by atoms with E-state index in [4.69, 9.17) is 10.6 Å². The summed E-state index contributed by atoms with van der Waals surface area (Å²) in [6.07, 6.45) is 0. The highest BCUT2D eigenvalue weighted by Gasteiger charge is 2.54. The lowest BCUT2D eigenvalue weighted by atomic mass is 10.0. The molecule has 0 bridgehead atoms. The number of rotatable bonds is 9. The van der Waals surface area contributed by atoms with Gasteiger partial charge in [-0.1, -0.05) is 28.3 Å². The molecule has 0 spiro atoms. The standard InChI is InChI=1S/C17H17N7O5S4/c1-2-29-23-9(8-5-31-16(18)20-8)12(25)21-10-13(26)24-11(15(27)28)7(3-30-14(10)24)4-32-17-22-19-6-33-17/h5-6,10,14H,2-4H2,1H3,(H2,18,20)(H,21,25)(H,27,28)/b23-9-/t10?,14-/m1/s1. The van der Waals surface area contributed by atoms with Crippen molar-refractivity contribution < 1.29 is 24.3 Å². The first kappa shape index (κ1) is 23.5.